The molecule has 0 saturated carbocycles. The smallest absolute Gasteiger partial charge is 0.413 e. The highest BCUT2D eigenvalue weighted by atomic mass is 32.1. The number of aromatic hydroxyl groups is 1. The number of hydrogen-bond acceptors (Lipinski definition) is 14. The van der Waals surface area contributed by atoms with Gasteiger partial charge in [0, 0.05) is 29.7 Å². The maximum Gasteiger partial charge on any atom is 0.413 e. The maximum atomic E-state index is 17.3. The van der Waals surface area contributed by atoms with Crippen molar-refractivity contribution in [2.75, 3.05) is 48.9 Å². The van der Waals surface area contributed by atoms with Crippen molar-refractivity contribution in [2.24, 2.45) is 0 Å². The minimum atomic E-state index is -1.05. The van der Waals surface area contributed by atoms with Gasteiger partial charge in [0.15, 0.2) is 17.3 Å². The van der Waals surface area contributed by atoms with Crippen LogP contribution in [0.5, 0.6) is 17.5 Å². The molecule has 0 spiro atoms. The highest BCUT2D eigenvalue weighted by Gasteiger charge is 2.37. The number of nitrogens with zero attached hydrogens (tertiary/aromatic N) is 6. The molecular formula is C46H51F3N8O7S. The summed E-state index contributed by atoms with van der Waals surface area (Å²) in [6, 6.07) is 7.49. The molecule has 2 amide bonds. The summed E-state index contributed by atoms with van der Waals surface area (Å²) in [5.74, 6) is -2.31. The van der Waals surface area contributed by atoms with Crippen molar-refractivity contribution in [1.29, 1.82) is 5.26 Å². The van der Waals surface area contributed by atoms with E-state index in [1.54, 1.807) is 64.7 Å². The van der Waals surface area contributed by atoms with Gasteiger partial charge in [-0.2, -0.15) is 15.2 Å². The number of carbonyl (C=O) groups excluding carboxylic acids is 2. The van der Waals surface area contributed by atoms with Crippen LogP contribution in [0.3, 0.4) is 0 Å². The number of amides is 2. The average molecular weight is 917 g/mol. The Hall–Kier alpha value is -6.39. The second kappa shape index (κ2) is 18.6. The predicted molar refractivity (Wildman–Crippen MR) is 242 cm³/mol. The molecule has 15 nitrogen and oxygen atoms in total. The van der Waals surface area contributed by atoms with Crippen LogP contribution in [-0.2, 0) is 9.47 Å². The van der Waals surface area contributed by atoms with Crippen LogP contribution in [0.2, 0.25) is 0 Å². The van der Waals surface area contributed by atoms with Gasteiger partial charge < -0.3 is 29.0 Å². The van der Waals surface area contributed by atoms with Crippen LogP contribution < -0.4 is 25.0 Å². The molecule has 344 valence electrons. The summed E-state index contributed by atoms with van der Waals surface area (Å²) >= 11 is 0.755. The standard InChI is InChI=1S/C39H39F2N7O7S.C7H12FN/c1-9-11-23(19-12-10-15-43-32(19)45-36(50)54-38(2,3)4)48-16-17-53-30-26-28(44-35(52-8)46-33(26)48)27(41)25(29(30)49)20-13-14-22(40)31-24(20)21(18-42)34(56-31)47-37(51)55-39(5,6)7;8-6-4-7-2-1-3-9(7)5-6/h9-10,12-15,23,49H,1,11,16-17H2,2-8H3,(H,47,51)(H,43,45,50);6-7H,1-5H2. The molecule has 2 saturated heterocycles. The lowest BCUT2D eigenvalue weighted by atomic mass is 9.95. The molecule has 2 fully saturated rings. The molecule has 0 bridgehead atoms. The third-order valence-corrected chi connectivity index (χ3v) is 12.0. The Morgan fingerprint density at radius 3 is 2.48 bits per heavy atom. The van der Waals surface area contributed by atoms with E-state index in [2.05, 4.69) is 37.1 Å². The molecule has 5 aromatic rings. The van der Waals surface area contributed by atoms with E-state index in [4.69, 9.17) is 18.9 Å². The van der Waals surface area contributed by atoms with Gasteiger partial charge in [0.1, 0.15) is 58.0 Å². The van der Waals surface area contributed by atoms with Crippen LogP contribution in [0.25, 0.3) is 32.1 Å². The normalized spacial score (nSPS) is 17.5. The van der Waals surface area contributed by atoms with Crippen LogP contribution in [0.15, 0.2) is 43.1 Å². The molecule has 3 unspecified atom stereocenters. The summed E-state index contributed by atoms with van der Waals surface area (Å²) in [4.78, 5) is 43.0. The fraction of sp³-hybridized carbons (Fsp3) is 0.435. The Bertz CT molecular complexity index is 2680. The third kappa shape index (κ3) is 9.83. The number of nitrogens with one attached hydrogen (secondary N) is 2. The van der Waals surface area contributed by atoms with Crippen LogP contribution in [0, 0.1) is 23.0 Å². The number of benzene rings is 2. The number of carbonyl (C=O) groups is 2. The van der Waals surface area contributed by atoms with Gasteiger partial charge in [0.2, 0.25) is 0 Å². The largest absolute Gasteiger partial charge is 0.504 e. The second-order valence-electron chi connectivity index (χ2n) is 17.7. The SMILES string of the molecule is C=CCC(c1cccnc1NC(=O)OC(C)(C)C)N1CCOc2c(O)c(-c3ccc(F)c4sc(NC(=O)OC(C)(C)C)c(C#N)c34)c(F)c3nc(OC)nc1c23.FC1CC2CCCN2C1. The number of hydrogen-bond donors (Lipinski definition) is 3. The van der Waals surface area contributed by atoms with Crippen molar-refractivity contribution >= 4 is 61.1 Å². The van der Waals surface area contributed by atoms with Gasteiger partial charge in [-0.1, -0.05) is 18.2 Å². The van der Waals surface area contributed by atoms with E-state index in [9.17, 15) is 24.3 Å². The molecule has 3 atom stereocenters. The number of nitriles is 1. The molecule has 19 heteroatoms. The van der Waals surface area contributed by atoms with Crippen LogP contribution >= 0.6 is 11.3 Å². The molecular weight excluding hydrogens is 866 g/mol. The molecule has 6 heterocycles. The fourth-order valence-electron chi connectivity index (χ4n) is 8.36. The summed E-state index contributed by atoms with van der Waals surface area (Å²) in [7, 11) is 1.31. The van der Waals surface area contributed by atoms with Gasteiger partial charge in [0.25, 0.3) is 0 Å². The van der Waals surface area contributed by atoms with E-state index in [-0.39, 0.29) is 80.1 Å². The lowest BCUT2D eigenvalue weighted by Crippen LogP contribution is -2.33. The quantitative estimate of drug-likeness (QED) is 0.125. The molecule has 3 aliphatic heterocycles. The summed E-state index contributed by atoms with van der Waals surface area (Å²) in [6.07, 6.45) is 4.67. The number of ether oxygens (including phenoxy) is 4. The number of anilines is 3. The van der Waals surface area contributed by atoms with Crippen LogP contribution in [-0.4, -0.2) is 93.9 Å². The summed E-state index contributed by atoms with van der Waals surface area (Å²) < 4.78 is 67.6. The van der Waals surface area contributed by atoms with Gasteiger partial charge in [-0.15, -0.1) is 17.9 Å². The molecule has 0 radical (unpaired) electrons. The van der Waals surface area contributed by atoms with Crippen molar-refractivity contribution in [3.63, 3.8) is 0 Å². The Morgan fingerprint density at radius 2 is 1.82 bits per heavy atom. The number of thiophene rings is 1. The molecule has 8 rings (SSSR count). The number of fused-ring (bicyclic) bond motifs is 2. The average Bonchev–Trinajstić information content (AvgIpc) is 3.89. The van der Waals surface area contributed by atoms with Crippen molar-refractivity contribution < 1.29 is 46.8 Å². The number of halogens is 3. The van der Waals surface area contributed by atoms with Crippen molar-refractivity contribution in [3.05, 3.63) is 65.9 Å². The number of aromatic nitrogens is 3. The number of rotatable bonds is 8. The van der Waals surface area contributed by atoms with Crippen molar-refractivity contribution in [1.82, 2.24) is 19.9 Å². The van der Waals surface area contributed by atoms with Crippen molar-refractivity contribution in [3.8, 4) is 34.7 Å². The number of alkyl halides is 1. The first-order valence-corrected chi connectivity index (χ1v) is 21.9. The summed E-state index contributed by atoms with van der Waals surface area (Å²) in [5, 5.41) is 27.4. The van der Waals surface area contributed by atoms with Gasteiger partial charge >= 0.3 is 18.2 Å². The van der Waals surface area contributed by atoms with E-state index >= 15 is 8.78 Å². The van der Waals surface area contributed by atoms with Gasteiger partial charge in [-0.25, -0.2) is 27.7 Å². The minimum Gasteiger partial charge on any atom is -0.504 e. The van der Waals surface area contributed by atoms with Gasteiger partial charge in [-0.05, 0) is 91.5 Å². The van der Waals surface area contributed by atoms with Gasteiger partial charge in [-0.3, -0.25) is 15.5 Å². The summed E-state index contributed by atoms with van der Waals surface area (Å²) in [5.41, 5.74) is -2.10. The zero-order valence-corrected chi connectivity index (χ0v) is 38.0. The Labute approximate surface area is 378 Å². The Morgan fingerprint density at radius 1 is 1.09 bits per heavy atom. The van der Waals surface area contributed by atoms with E-state index in [0.717, 1.165) is 30.4 Å². The van der Waals surface area contributed by atoms with Crippen LogP contribution in [0.4, 0.5) is 39.4 Å². The highest BCUT2D eigenvalue weighted by molar-refractivity contribution is 7.23. The van der Waals surface area contributed by atoms with Gasteiger partial charge in [0.05, 0.1) is 40.9 Å². The second-order valence-corrected chi connectivity index (χ2v) is 18.8. The summed E-state index contributed by atoms with van der Waals surface area (Å²) in [6.45, 7) is 16.0. The first-order valence-electron chi connectivity index (χ1n) is 21.1. The Kier molecular flexibility index (Phi) is 13.3. The monoisotopic (exact) mass is 916 g/mol. The first-order chi connectivity index (χ1) is 30.8. The topological polar surface area (TPSA) is 184 Å². The zero-order valence-electron chi connectivity index (χ0n) is 37.2. The van der Waals surface area contributed by atoms with Crippen molar-refractivity contribution in [2.45, 2.75) is 96.7 Å². The lowest BCUT2D eigenvalue weighted by molar-refractivity contribution is 0.0624. The zero-order chi connectivity index (χ0) is 47.0. The van der Waals surface area contributed by atoms with E-state index in [1.807, 2.05) is 6.07 Å². The Balaban J connectivity index is 0.000000617. The van der Waals surface area contributed by atoms with E-state index < -0.39 is 58.5 Å². The molecule has 3 aliphatic rings. The predicted octanol–water partition coefficient (Wildman–Crippen LogP) is 10.2. The van der Waals surface area contributed by atoms with E-state index in [0.29, 0.717) is 18.2 Å². The number of methoxy groups -OCH3 is 1. The first kappa shape index (κ1) is 46.6. The number of phenols is 1. The lowest BCUT2D eigenvalue weighted by Gasteiger charge is -2.33. The van der Waals surface area contributed by atoms with Crippen LogP contribution in [0.1, 0.15) is 84.4 Å². The van der Waals surface area contributed by atoms with E-state index in [1.165, 1.54) is 32.2 Å². The fourth-order valence-corrected chi connectivity index (χ4v) is 9.43. The molecule has 3 N–H and O–H groups in total. The maximum absolute atomic E-state index is 17.3. The molecule has 65 heavy (non-hydrogen) atoms. The minimum absolute atomic E-state index is 0.00174. The third-order valence-electron chi connectivity index (χ3n) is 10.8. The number of phenolic OH excluding ortho intramolecular Hbond substituents is 1. The highest BCUT2D eigenvalue weighted by Crippen LogP contribution is 2.53. The molecule has 0 aliphatic carbocycles. The molecule has 3 aromatic heterocycles. The number of pyridine rings is 1. The molecule has 2 aromatic carbocycles.